The summed E-state index contributed by atoms with van der Waals surface area (Å²) in [4.78, 5) is 76.9. The minimum Gasteiger partial charge on any atom is -0.453 e. The highest BCUT2D eigenvalue weighted by atomic mass is 19.4. The zero-order valence-corrected chi connectivity index (χ0v) is 32.1. The molecule has 2 aliphatic heterocycles. The monoisotopic (exact) mass is 794 g/mol. The second kappa shape index (κ2) is 16.6. The smallest absolute Gasteiger partial charge is 0.435 e. The van der Waals surface area contributed by atoms with Gasteiger partial charge in [0.2, 0.25) is 5.91 Å². The Labute approximate surface area is 326 Å². The molecule has 0 saturated carbocycles. The first-order valence-electron chi connectivity index (χ1n) is 18.6. The van der Waals surface area contributed by atoms with Crippen LogP contribution in [0.25, 0.3) is 33.9 Å². The molecule has 0 bridgehead atoms. The van der Waals surface area contributed by atoms with Crippen LogP contribution >= 0.6 is 0 Å². The van der Waals surface area contributed by atoms with Crippen LogP contribution in [0.5, 0.6) is 0 Å². The van der Waals surface area contributed by atoms with Crippen molar-refractivity contribution in [3.8, 4) is 33.9 Å². The van der Waals surface area contributed by atoms with E-state index >= 15 is 0 Å². The van der Waals surface area contributed by atoms with Crippen molar-refractivity contribution in [2.24, 2.45) is 17.6 Å². The lowest BCUT2D eigenvalue weighted by atomic mass is 10.0. The van der Waals surface area contributed by atoms with Gasteiger partial charge in [0.25, 0.3) is 5.91 Å². The predicted molar refractivity (Wildman–Crippen MR) is 198 cm³/mol. The van der Waals surface area contributed by atoms with E-state index in [1.54, 1.807) is 63.3 Å². The fourth-order valence-electron chi connectivity index (χ4n) is 7.29. The van der Waals surface area contributed by atoms with E-state index in [4.69, 9.17) is 10.5 Å². The third-order valence-electron chi connectivity index (χ3n) is 10.2. The Morgan fingerprint density at radius 2 is 1.42 bits per heavy atom. The minimum absolute atomic E-state index is 0.00203. The van der Waals surface area contributed by atoms with Crippen LogP contribution < -0.4 is 11.1 Å². The number of ether oxygens (including phenoxy) is 2. The fourth-order valence-corrected chi connectivity index (χ4v) is 7.29. The summed E-state index contributed by atoms with van der Waals surface area (Å²) in [6.07, 6.45) is -0.508. The first kappa shape index (κ1) is 40.6. The molecule has 6 rings (SSSR count). The van der Waals surface area contributed by atoms with Crippen molar-refractivity contribution < 1.29 is 41.8 Å². The predicted octanol–water partition coefficient (Wildman–Crippen LogP) is 5.77. The van der Waals surface area contributed by atoms with E-state index < -0.39 is 48.2 Å². The second-order valence-electron chi connectivity index (χ2n) is 14.7. The van der Waals surface area contributed by atoms with Gasteiger partial charge in [0.05, 0.1) is 36.8 Å². The Kier molecular flexibility index (Phi) is 11.8. The van der Waals surface area contributed by atoms with Crippen molar-refractivity contribution in [3.63, 3.8) is 0 Å². The summed E-state index contributed by atoms with van der Waals surface area (Å²) in [5.41, 5.74) is 5.84. The average Bonchev–Trinajstić information content (AvgIpc) is 4.01. The molecule has 0 spiro atoms. The highest BCUT2D eigenvalue weighted by Crippen LogP contribution is 2.40. The van der Waals surface area contributed by atoms with E-state index in [1.807, 2.05) is 0 Å². The third-order valence-corrected chi connectivity index (χ3v) is 10.2. The number of carbonyl (C=O) groups excluding carboxylic acids is 4. The number of amides is 4. The van der Waals surface area contributed by atoms with Crippen LogP contribution in [0.15, 0.2) is 42.9 Å². The van der Waals surface area contributed by atoms with Gasteiger partial charge in [-0.05, 0) is 37.5 Å². The number of hydrogen-bond acceptors (Lipinski definition) is 10. The molecule has 4 amide bonds. The lowest BCUT2D eigenvalue weighted by Gasteiger charge is -2.30. The van der Waals surface area contributed by atoms with Gasteiger partial charge in [-0.2, -0.15) is 13.2 Å². The van der Waals surface area contributed by atoms with Crippen molar-refractivity contribution in [3.05, 3.63) is 60.2 Å². The molecule has 2 saturated heterocycles. The van der Waals surface area contributed by atoms with Crippen LogP contribution in [0.1, 0.15) is 82.8 Å². The number of aromatic nitrogens is 6. The van der Waals surface area contributed by atoms with Gasteiger partial charge in [-0.25, -0.2) is 29.5 Å². The van der Waals surface area contributed by atoms with Gasteiger partial charge >= 0.3 is 18.4 Å². The maximum atomic E-state index is 14.4. The van der Waals surface area contributed by atoms with Crippen LogP contribution in [0.3, 0.4) is 0 Å². The lowest BCUT2D eigenvalue weighted by Crippen LogP contribution is -2.51. The van der Waals surface area contributed by atoms with Crippen LogP contribution in [0, 0.1) is 11.8 Å². The highest BCUT2D eigenvalue weighted by Gasteiger charge is 2.42. The Bertz CT molecular complexity index is 2080. The molecule has 5 N–H and O–H groups in total. The molecule has 1 aromatic carbocycles. The van der Waals surface area contributed by atoms with Gasteiger partial charge in [-0.3, -0.25) is 9.59 Å². The van der Waals surface area contributed by atoms with E-state index in [-0.39, 0.29) is 47.4 Å². The summed E-state index contributed by atoms with van der Waals surface area (Å²) in [6, 6.07) is 4.18. The molecular formula is C38H45F3N10O6. The van der Waals surface area contributed by atoms with E-state index in [9.17, 15) is 32.3 Å². The van der Waals surface area contributed by atoms with E-state index in [1.165, 1.54) is 24.1 Å². The Morgan fingerprint density at radius 1 is 0.825 bits per heavy atom. The SMILES string of the molecule is COC(=O)N[C@H](C(=O)N1CCCC1c1nc(C(F)(F)F)c(-c2ccc(-c3ncc(-c4cnc([C@@H]5CCCN5C(=O)[C@@H](OC(N)=O)C(C)C)[nH]4)cn3)cc2)[nH]1)C(C)C. The number of alkyl halides is 3. The topological polar surface area (TPSA) is 214 Å². The zero-order chi connectivity index (χ0) is 41.2. The zero-order valence-electron chi connectivity index (χ0n) is 32.1. The van der Waals surface area contributed by atoms with Crippen molar-refractivity contribution in [1.29, 1.82) is 0 Å². The summed E-state index contributed by atoms with van der Waals surface area (Å²) in [6.45, 7) is 7.80. The lowest BCUT2D eigenvalue weighted by molar-refractivity contribution is -0.143. The third kappa shape index (κ3) is 8.71. The number of nitrogens with one attached hydrogen (secondary N) is 3. The Balaban J connectivity index is 1.18. The molecule has 304 valence electrons. The molecule has 57 heavy (non-hydrogen) atoms. The summed E-state index contributed by atoms with van der Waals surface area (Å²) in [5, 5.41) is 2.53. The van der Waals surface area contributed by atoms with Crippen LogP contribution in [0.4, 0.5) is 22.8 Å². The van der Waals surface area contributed by atoms with Crippen LogP contribution in [-0.2, 0) is 25.2 Å². The van der Waals surface area contributed by atoms with E-state index in [0.29, 0.717) is 54.3 Å². The quantitative estimate of drug-likeness (QED) is 0.144. The largest absolute Gasteiger partial charge is 0.453 e. The summed E-state index contributed by atoms with van der Waals surface area (Å²) in [5.74, 6) is -0.491. The molecule has 2 aliphatic rings. The molecule has 3 aromatic heterocycles. The number of hydrogen-bond donors (Lipinski definition) is 4. The number of rotatable bonds is 11. The molecule has 1 unspecified atom stereocenters. The van der Waals surface area contributed by atoms with Crippen LogP contribution in [-0.4, -0.2) is 96.0 Å². The fraction of sp³-hybridized carbons (Fsp3) is 0.474. The number of H-pyrrole nitrogens is 2. The number of methoxy groups -OCH3 is 1. The number of likely N-dealkylation sites (tertiary alicyclic amines) is 2. The summed E-state index contributed by atoms with van der Waals surface area (Å²) >= 11 is 0. The molecule has 5 heterocycles. The molecule has 19 heteroatoms. The van der Waals surface area contributed by atoms with E-state index in [2.05, 4.69) is 40.0 Å². The average molecular weight is 795 g/mol. The number of carbonyl (C=O) groups is 4. The molecular weight excluding hydrogens is 749 g/mol. The first-order valence-corrected chi connectivity index (χ1v) is 18.6. The normalized spacial score (nSPS) is 18.2. The molecule has 0 aliphatic carbocycles. The number of imidazole rings is 2. The highest BCUT2D eigenvalue weighted by molar-refractivity contribution is 5.86. The Morgan fingerprint density at radius 3 is 1.98 bits per heavy atom. The number of primary amides is 1. The van der Waals surface area contributed by atoms with Crippen molar-refractivity contribution in [1.82, 2.24) is 45.0 Å². The van der Waals surface area contributed by atoms with Gasteiger partial charge in [0.1, 0.15) is 17.7 Å². The first-order chi connectivity index (χ1) is 27.1. The van der Waals surface area contributed by atoms with Gasteiger partial charge in [-0.15, -0.1) is 0 Å². The number of alkyl carbamates (subject to hydrolysis) is 1. The molecule has 4 aromatic rings. The maximum absolute atomic E-state index is 14.4. The van der Waals surface area contributed by atoms with Crippen molar-refractivity contribution >= 4 is 24.0 Å². The number of aromatic amines is 2. The number of nitrogens with zero attached hydrogens (tertiary/aromatic N) is 6. The number of benzene rings is 1. The molecule has 0 radical (unpaired) electrons. The summed E-state index contributed by atoms with van der Waals surface area (Å²) in [7, 11) is 1.18. The van der Waals surface area contributed by atoms with Gasteiger partial charge in [0, 0.05) is 42.2 Å². The van der Waals surface area contributed by atoms with Crippen LogP contribution in [0.2, 0.25) is 0 Å². The standard InChI is InChI=1S/C38H45F3N10O6/c1-19(2)27(48-37(55)56-5)34(52)50-14-7-9-26(50)33-47-28(30(49-33)38(39,40)41)21-10-12-22(13-11-21)31-43-16-23(17-44-31)24-18-45-32(46-24)25-8-6-15-51(25)35(53)29(20(3)4)57-36(42)54/h10-13,16-20,25-27,29H,6-9,14-15H2,1-5H3,(H2,42,54)(H,45,46)(H,47,49)(H,48,55)/t25-,26?,27-,29-/m0/s1. The van der Waals surface area contributed by atoms with Crippen molar-refractivity contribution in [2.45, 2.75) is 83.8 Å². The number of halogens is 3. The van der Waals surface area contributed by atoms with Gasteiger partial charge in [-0.1, -0.05) is 52.0 Å². The van der Waals surface area contributed by atoms with E-state index in [0.717, 1.165) is 6.42 Å². The van der Waals surface area contributed by atoms with Gasteiger partial charge < -0.3 is 40.3 Å². The second-order valence-corrected chi connectivity index (χ2v) is 14.7. The Hall–Kier alpha value is -6.01. The van der Waals surface area contributed by atoms with Crippen molar-refractivity contribution in [2.75, 3.05) is 20.2 Å². The molecule has 16 nitrogen and oxygen atoms in total. The van der Waals surface area contributed by atoms with Gasteiger partial charge in [0.15, 0.2) is 17.6 Å². The molecule has 4 atom stereocenters. The number of nitrogens with two attached hydrogens (primary N) is 1. The minimum atomic E-state index is -4.80. The maximum Gasteiger partial charge on any atom is 0.435 e. The molecule has 2 fully saturated rings. The summed E-state index contributed by atoms with van der Waals surface area (Å²) < 4.78 is 52.9.